The third kappa shape index (κ3) is 3.49. The van der Waals surface area contributed by atoms with Crippen LogP contribution < -0.4 is 5.32 Å². The van der Waals surface area contributed by atoms with Gasteiger partial charge in [0, 0.05) is 30.0 Å². The number of imidazole rings is 1. The first kappa shape index (κ1) is 16.3. The van der Waals surface area contributed by atoms with Gasteiger partial charge in [0.25, 0.3) is 5.91 Å². The Morgan fingerprint density at radius 2 is 1.79 bits per heavy atom. The van der Waals surface area contributed by atoms with Gasteiger partial charge in [-0.1, -0.05) is 41.4 Å². The number of amides is 1. The molecule has 2 aromatic carbocycles. The van der Waals surface area contributed by atoms with E-state index in [4.69, 9.17) is 11.6 Å². The highest BCUT2D eigenvalue weighted by molar-refractivity contribution is 6.30. The largest absolute Gasteiger partial charge is 0.338 e. The van der Waals surface area contributed by atoms with Gasteiger partial charge in [-0.2, -0.15) is 0 Å². The van der Waals surface area contributed by atoms with E-state index in [-0.39, 0.29) is 11.9 Å². The molecule has 1 atom stereocenters. The molecule has 1 amide bonds. The molecule has 0 radical (unpaired) electrons. The number of aromatic nitrogens is 2. The van der Waals surface area contributed by atoms with Crippen molar-refractivity contribution >= 4 is 17.5 Å². The van der Waals surface area contributed by atoms with Crippen LogP contribution in [0, 0.1) is 6.92 Å². The number of hydrogen-bond acceptors (Lipinski definition) is 2. The summed E-state index contributed by atoms with van der Waals surface area (Å²) in [6.45, 7) is 1.99. The minimum Gasteiger partial charge on any atom is -0.338 e. The van der Waals surface area contributed by atoms with Gasteiger partial charge in [-0.3, -0.25) is 4.79 Å². The van der Waals surface area contributed by atoms with Crippen LogP contribution in [0.1, 0.15) is 33.4 Å². The van der Waals surface area contributed by atoms with Gasteiger partial charge in [0.05, 0.1) is 0 Å². The lowest BCUT2D eigenvalue weighted by Crippen LogP contribution is -2.31. The van der Waals surface area contributed by atoms with Gasteiger partial charge in [0.1, 0.15) is 11.9 Å². The lowest BCUT2D eigenvalue weighted by atomic mass is 10.0. The molecule has 1 N–H and O–H groups in total. The molecule has 4 nitrogen and oxygen atoms in total. The van der Waals surface area contributed by atoms with Crippen LogP contribution in [0.25, 0.3) is 0 Å². The van der Waals surface area contributed by atoms with E-state index in [1.807, 2.05) is 73.3 Å². The standard InChI is InChI=1S/C19H18ClN3O/c1-13-3-5-15(6-4-13)19(24)22-17(18-21-11-12-23(18)2)14-7-9-16(20)10-8-14/h3-12,17H,1-2H3,(H,22,24). The summed E-state index contributed by atoms with van der Waals surface area (Å²) >= 11 is 5.98. The summed E-state index contributed by atoms with van der Waals surface area (Å²) in [6, 6.07) is 14.6. The first-order chi connectivity index (χ1) is 11.5. The molecule has 1 unspecified atom stereocenters. The molecule has 0 aliphatic rings. The summed E-state index contributed by atoms with van der Waals surface area (Å²) in [5.74, 6) is 0.621. The number of carbonyl (C=O) groups excluding carboxylic acids is 1. The lowest BCUT2D eigenvalue weighted by Gasteiger charge is -2.19. The molecule has 0 bridgehead atoms. The smallest absolute Gasteiger partial charge is 0.252 e. The molecule has 3 rings (SSSR count). The number of halogens is 1. The second kappa shape index (κ2) is 6.89. The Morgan fingerprint density at radius 3 is 2.38 bits per heavy atom. The number of benzene rings is 2. The fourth-order valence-corrected chi connectivity index (χ4v) is 2.65. The minimum absolute atomic E-state index is 0.141. The first-order valence-corrected chi connectivity index (χ1v) is 8.02. The van der Waals surface area contributed by atoms with Gasteiger partial charge in [-0.25, -0.2) is 4.98 Å². The summed E-state index contributed by atoms with van der Waals surface area (Å²) < 4.78 is 1.90. The molecule has 0 saturated heterocycles. The van der Waals surface area contributed by atoms with Crippen LogP contribution >= 0.6 is 11.6 Å². The van der Waals surface area contributed by atoms with Gasteiger partial charge in [0.2, 0.25) is 0 Å². The Balaban J connectivity index is 1.93. The molecule has 0 aliphatic carbocycles. The van der Waals surface area contributed by atoms with Gasteiger partial charge in [-0.15, -0.1) is 0 Å². The third-order valence-electron chi connectivity index (χ3n) is 3.91. The average molecular weight is 340 g/mol. The van der Waals surface area contributed by atoms with E-state index in [1.165, 1.54) is 0 Å². The molecule has 0 aliphatic heterocycles. The van der Waals surface area contributed by atoms with E-state index in [0.717, 1.165) is 17.0 Å². The summed E-state index contributed by atoms with van der Waals surface area (Å²) in [5, 5.41) is 3.72. The minimum atomic E-state index is -0.351. The van der Waals surface area contributed by atoms with Crippen LogP contribution in [0.2, 0.25) is 5.02 Å². The van der Waals surface area contributed by atoms with E-state index >= 15 is 0 Å². The first-order valence-electron chi connectivity index (χ1n) is 7.65. The van der Waals surface area contributed by atoms with E-state index in [9.17, 15) is 4.79 Å². The number of carbonyl (C=O) groups is 1. The Morgan fingerprint density at radius 1 is 1.12 bits per heavy atom. The van der Waals surface area contributed by atoms with E-state index in [0.29, 0.717) is 10.6 Å². The van der Waals surface area contributed by atoms with Crippen LogP contribution in [-0.2, 0) is 7.05 Å². The zero-order valence-corrected chi connectivity index (χ0v) is 14.3. The number of nitrogens with zero attached hydrogens (tertiary/aromatic N) is 2. The van der Waals surface area contributed by atoms with Crippen molar-refractivity contribution in [1.82, 2.24) is 14.9 Å². The van der Waals surface area contributed by atoms with Crippen molar-refractivity contribution in [1.29, 1.82) is 0 Å². The van der Waals surface area contributed by atoms with Crippen LogP contribution in [-0.4, -0.2) is 15.5 Å². The second-order valence-corrected chi connectivity index (χ2v) is 6.16. The van der Waals surface area contributed by atoms with E-state index in [2.05, 4.69) is 10.3 Å². The zero-order valence-electron chi connectivity index (χ0n) is 13.5. The molecule has 0 saturated carbocycles. The molecule has 24 heavy (non-hydrogen) atoms. The Kier molecular flexibility index (Phi) is 4.67. The molecule has 5 heteroatoms. The summed E-state index contributed by atoms with van der Waals surface area (Å²) in [5.41, 5.74) is 2.66. The van der Waals surface area contributed by atoms with Crippen molar-refractivity contribution in [3.8, 4) is 0 Å². The van der Waals surface area contributed by atoms with Crippen molar-refractivity contribution in [2.45, 2.75) is 13.0 Å². The zero-order chi connectivity index (χ0) is 17.1. The predicted octanol–water partition coefficient (Wildman–Crippen LogP) is 3.90. The maximum Gasteiger partial charge on any atom is 0.252 e. The van der Waals surface area contributed by atoms with Crippen LogP contribution in [0.15, 0.2) is 60.9 Å². The highest BCUT2D eigenvalue weighted by atomic mass is 35.5. The van der Waals surface area contributed by atoms with Crippen molar-refractivity contribution in [3.63, 3.8) is 0 Å². The number of nitrogens with one attached hydrogen (secondary N) is 1. The normalized spacial score (nSPS) is 12.0. The number of hydrogen-bond donors (Lipinski definition) is 1. The molecule has 0 fully saturated rings. The highest BCUT2D eigenvalue weighted by Crippen LogP contribution is 2.23. The summed E-state index contributed by atoms with van der Waals surface area (Å²) in [4.78, 5) is 17.0. The molecule has 1 heterocycles. The van der Waals surface area contributed by atoms with Gasteiger partial charge in [-0.05, 0) is 36.8 Å². The summed E-state index contributed by atoms with van der Waals surface area (Å²) in [7, 11) is 1.91. The van der Waals surface area contributed by atoms with Gasteiger partial charge < -0.3 is 9.88 Å². The van der Waals surface area contributed by atoms with Crippen molar-refractivity contribution in [2.75, 3.05) is 0 Å². The third-order valence-corrected chi connectivity index (χ3v) is 4.16. The molecule has 1 aromatic heterocycles. The average Bonchev–Trinajstić information content (AvgIpc) is 3.00. The monoisotopic (exact) mass is 339 g/mol. The van der Waals surface area contributed by atoms with Crippen molar-refractivity contribution in [2.24, 2.45) is 7.05 Å². The van der Waals surface area contributed by atoms with Crippen LogP contribution in [0.3, 0.4) is 0 Å². The van der Waals surface area contributed by atoms with Crippen molar-refractivity contribution in [3.05, 3.63) is 88.5 Å². The molecular weight excluding hydrogens is 322 g/mol. The van der Waals surface area contributed by atoms with Gasteiger partial charge >= 0.3 is 0 Å². The molecule has 122 valence electrons. The van der Waals surface area contributed by atoms with Crippen molar-refractivity contribution < 1.29 is 4.79 Å². The highest BCUT2D eigenvalue weighted by Gasteiger charge is 2.21. The SMILES string of the molecule is Cc1ccc(C(=O)NC(c2ccc(Cl)cc2)c2nccn2C)cc1. The lowest BCUT2D eigenvalue weighted by molar-refractivity contribution is 0.0941. The maximum absolute atomic E-state index is 12.6. The van der Waals surface area contributed by atoms with Crippen LogP contribution in [0.4, 0.5) is 0 Å². The maximum atomic E-state index is 12.6. The topological polar surface area (TPSA) is 46.9 Å². The van der Waals surface area contributed by atoms with E-state index in [1.54, 1.807) is 6.20 Å². The number of aryl methyl sites for hydroxylation is 2. The molecule has 3 aromatic rings. The fraction of sp³-hybridized carbons (Fsp3) is 0.158. The Hall–Kier alpha value is -2.59. The summed E-state index contributed by atoms with van der Waals surface area (Å²) in [6.07, 6.45) is 3.58. The van der Waals surface area contributed by atoms with E-state index < -0.39 is 0 Å². The van der Waals surface area contributed by atoms with Crippen LogP contribution in [0.5, 0.6) is 0 Å². The Labute approximate surface area is 146 Å². The Bertz CT molecular complexity index is 838. The predicted molar refractivity (Wildman–Crippen MR) is 95.1 cm³/mol. The molecule has 0 spiro atoms. The van der Waals surface area contributed by atoms with Gasteiger partial charge in [0.15, 0.2) is 0 Å². The number of rotatable bonds is 4. The fourth-order valence-electron chi connectivity index (χ4n) is 2.53. The quantitative estimate of drug-likeness (QED) is 0.783. The molecular formula is C19H18ClN3O. The second-order valence-electron chi connectivity index (χ2n) is 5.72.